The molecule has 0 aromatic heterocycles. The lowest BCUT2D eigenvalue weighted by Gasteiger charge is -2.24. The number of nitrogens with zero attached hydrogens (tertiary/aromatic N) is 1. The number of methoxy groups -OCH3 is 2. The molecule has 1 heterocycles. The molecule has 0 spiro atoms. The van der Waals surface area contributed by atoms with Crippen LogP contribution in [0.5, 0.6) is 0 Å². The maximum Gasteiger partial charge on any atom is 0.345 e. The minimum atomic E-state index is -0.680. The molecule has 6 nitrogen and oxygen atoms in total. The van der Waals surface area contributed by atoms with E-state index in [9.17, 15) is 9.59 Å². The predicted molar refractivity (Wildman–Crippen MR) is 105 cm³/mol. The van der Waals surface area contributed by atoms with Crippen LogP contribution in [0.2, 0.25) is 0 Å². The van der Waals surface area contributed by atoms with E-state index in [1.807, 2.05) is 60.7 Å². The van der Waals surface area contributed by atoms with Gasteiger partial charge in [-0.1, -0.05) is 48.5 Å². The molecule has 1 unspecified atom stereocenters. The molecule has 1 aliphatic heterocycles. The summed E-state index contributed by atoms with van der Waals surface area (Å²) in [6.45, 7) is 0. The highest BCUT2D eigenvalue weighted by atomic mass is 32.2. The molecule has 1 atom stereocenters. The summed E-state index contributed by atoms with van der Waals surface area (Å²) in [6, 6.07) is 18.1. The monoisotopic (exact) mass is 382 g/mol. The van der Waals surface area contributed by atoms with E-state index in [1.54, 1.807) is 0 Å². The van der Waals surface area contributed by atoms with Crippen LogP contribution in [0.3, 0.4) is 0 Å². The van der Waals surface area contributed by atoms with Crippen LogP contribution >= 0.6 is 11.8 Å². The highest BCUT2D eigenvalue weighted by Crippen LogP contribution is 2.39. The van der Waals surface area contributed by atoms with Crippen molar-refractivity contribution in [1.29, 1.82) is 0 Å². The number of thioether (sulfide) groups is 1. The van der Waals surface area contributed by atoms with Gasteiger partial charge in [-0.3, -0.25) is 0 Å². The zero-order valence-electron chi connectivity index (χ0n) is 14.8. The number of esters is 2. The van der Waals surface area contributed by atoms with Gasteiger partial charge in [0, 0.05) is 5.69 Å². The quantitative estimate of drug-likeness (QED) is 0.815. The molecule has 0 fully saturated rings. The second-order valence-electron chi connectivity index (χ2n) is 5.57. The molecular formula is C20H18N2O4S. The number of benzene rings is 2. The van der Waals surface area contributed by atoms with Crippen LogP contribution in [0.4, 0.5) is 5.69 Å². The van der Waals surface area contributed by atoms with Gasteiger partial charge in [0.15, 0.2) is 5.17 Å². The maximum absolute atomic E-state index is 12.5. The van der Waals surface area contributed by atoms with Crippen molar-refractivity contribution in [2.24, 2.45) is 4.99 Å². The Kier molecular flexibility index (Phi) is 5.93. The molecule has 7 heteroatoms. The fourth-order valence-corrected chi connectivity index (χ4v) is 3.61. The lowest BCUT2D eigenvalue weighted by atomic mass is 9.98. The fraction of sp³-hybridized carbons (Fsp3) is 0.150. The van der Waals surface area contributed by atoms with Crippen molar-refractivity contribution in [2.45, 2.75) is 6.04 Å². The largest absolute Gasteiger partial charge is 0.466 e. The van der Waals surface area contributed by atoms with Crippen molar-refractivity contribution in [3.8, 4) is 0 Å². The Balaban J connectivity index is 2.08. The molecule has 2 aromatic carbocycles. The van der Waals surface area contributed by atoms with E-state index in [0.29, 0.717) is 5.17 Å². The number of rotatable bonds is 4. The minimum Gasteiger partial charge on any atom is -0.466 e. The maximum atomic E-state index is 12.5. The van der Waals surface area contributed by atoms with Gasteiger partial charge in [-0.15, -0.1) is 0 Å². The van der Waals surface area contributed by atoms with Crippen LogP contribution < -0.4 is 5.32 Å². The normalized spacial score (nSPS) is 16.4. The van der Waals surface area contributed by atoms with Crippen LogP contribution in [0.25, 0.3) is 0 Å². The van der Waals surface area contributed by atoms with Gasteiger partial charge in [0.1, 0.15) is 10.9 Å². The highest BCUT2D eigenvalue weighted by molar-refractivity contribution is 8.18. The number of carbonyl (C=O) groups excluding carboxylic acids is 2. The minimum absolute atomic E-state index is 0.159. The van der Waals surface area contributed by atoms with E-state index in [0.717, 1.165) is 23.0 Å². The van der Waals surface area contributed by atoms with E-state index in [1.165, 1.54) is 14.2 Å². The Morgan fingerprint density at radius 3 is 2.11 bits per heavy atom. The molecule has 27 heavy (non-hydrogen) atoms. The van der Waals surface area contributed by atoms with Crippen LogP contribution in [-0.4, -0.2) is 31.3 Å². The Morgan fingerprint density at radius 1 is 0.926 bits per heavy atom. The number of hydrogen-bond donors (Lipinski definition) is 1. The second kappa shape index (κ2) is 8.55. The molecule has 0 amide bonds. The van der Waals surface area contributed by atoms with E-state index in [4.69, 9.17) is 9.47 Å². The number of aliphatic imine (C=N–C) groups is 1. The first-order valence-electron chi connectivity index (χ1n) is 8.17. The third-order valence-electron chi connectivity index (χ3n) is 3.88. The molecule has 138 valence electrons. The first-order valence-corrected chi connectivity index (χ1v) is 8.99. The van der Waals surface area contributed by atoms with Crippen molar-refractivity contribution in [2.75, 3.05) is 19.5 Å². The van der Waals surface area contributed by atoms with E-state index < -0.39 is 18.0 Å². The average Bonchev–Trinajstić information content (AvgIpc) is 2.73. The van der Waals surface area contributed by atoms with E-state index in [2.05, 4.69) is 10.3 Å². The molecule has 0 aliphatic carbocycles. The summed E-state index contributed by atoms with van der Waals surface area (Å²) < 4.78 is 9.80. The predicted octanol–water partition coefficient (Wildman–Crippen LogP) is 3.54. The molecule has 3 rings (SSSR count). The smallest absolute Gasteiger partial charge is 0.345 e. The zero-order valence-corrected chi connectivity index (χ0v) is 15.7. The summed E-state index contributed by atoms with van der Waals surface area (Å²) in [5.74, 6) is -1.22. The van der Waals surface area contributed by atoms with Gasteiger partial charge < -0.3 is 14.8 Å². The third kappa shape index (κ3) is 4.20. The van der Waals surface area contributed by atoms with Crippen LogP contribution in [0.1, 0.15) is 11.6 Å². The molecular weight excluding hydrogens is 364 g/mol. The van der Waals surface area contributed by atoms with Gasteiger partial charge in [0.2, 0.25) is 0 Å². The molecule has 1 N–H and O–H groups in total. The van der Waals surface area contributed by atoms with Crippen molar-refractivity contribution < 1.29 is 19.1 Å². The van der Waals surface area contributed by atoms with Gasteiger partial charge in [-0.25, -0.2) is 14.6 Å². The van der Waals surface area contributed by atoms with Gasteiger partial charge in [-0.2, -0.15) is 0 Å². The number of anilines is 1. The van der Waals surface area contributed by atoms with E-state index >= 15 is 0 Å². The van der Waals surface area contributed by atoms with Gasteiger partial charge in [0.25, 0.3) is 0 Å². The molecule has 1 aliphatic rings. The zero-order chi connectivity index (χ0) is 19.2. The highest BCUT2D eigenvalue weighted by Gasteiger charge is 2.35. The van der Waals surface area contributed by atoms with Crippen LogP contribution in [0, 0.1) is 0 Å². The summed E-state index contributed by atoms with van der Waals surface area (Å²) in [4.78, 5) is 29.7. The first-order chi connectivity index (χ1) is 13.1. The Hall–Kier alpha value is -3.06. The Labute approximate surface area is 161 Å². The number of para-hydroxylation sites is 1. The number of carbonyl (C=O) groups is 2. The second-order valence-corrected chi connectivity index (χ2v) is 6.57. The van der Waals surface area contributed by atoms with Crippen molar-refractivity contribution in [3.05, 3.63) is 76.7 Å². The Morgan fingerprint density at radius 2 is 1.52 bits per heavy atom. The molecule has 0 radical (unpaired) electrons. The lowest BCUT2D eigenvalue weighted by Crippen LogP contribution is -2.25. The first kappa shape index (κ1) is 18.7. The average molecular weight is 382 g/mol. The summed E-state index contributed by atoms with van der Waals surface area (Å²) in [7, 11) is 2.55. The van der Waals surface area contributed by atoms with Gasteiger partial charge in [0.05, 0.1) is 19.8 Å². The number of amidine groups is 1. The summed E-state index contributed by atoms with van der Waals surface area (Å²) >= 11 is 1.05. The Bertz CT molecular complexity index is 895. The number of nitrogens with one attached hydrogen (secondary N) is 1. The standard InChI is InChI=1S/C20H18N2O4S/c1-25-18(23)15-16(13-9-5-3-6-10-13)22-20(27-17(15)19(24)26-2)21-14-11-7-4-8-12-14/h3-12,16H,1-2H3,(H,21,22). The lowest BCUT2D eigenvalue weighted by molar-refractivity contribution is -0.139. The molecule has 0 bridgehead atoms. The van der Waals surface area contributed by atoms with Crippen molar-refractivity contribution in [3.63, 3.8) is 0 Å². The summed E-state index contributed by atoms with van der Waals surface area (Å²) in [5, 5.41) is 3.67. The van der Waals surface area contributed by atoms with Crippen molar-refractivity contribution in [1.82, 2.24) is 0 Å². The van der Waals surface area contributed by atoms with Crippen molar-refractivity contribution >= 4 is 34.6 Å². The summed E-state index contributed by atoms with van der Waals surface area (Å²) in [5.41, 5.74) is 1.76. The molecule has 2 aromatic rings. The fourth-order valence-electron chi connectivity index (χ4n) is 2.62. The molecule has 0 saturated carbocycles. The topological polar surface area (TPSA) is 77.0 Å². The van der Waals surface area contributed by atoms with E-state index in [-0.39, 0.29) is 10.5 Å². The SMILES string of the molecule is COC(=O)C1=C(C(=O)OC)C(c2ccccc2)N=C(Nc2ccccc2)S1. The third-order valence-corrected chi connectivity index (χ3v) is 4.87. The number of hydrogen-bond acceptors (Lipinski definition) is 7. The van der Waals surface area contributed by atoms with Gasteiger partial charge in [-0.05, 0) is 29.5 Å². The van der Waals surface area contributed by atoms with Crippen LogP contribution in [-0.2, 0) is 19.1 Å². The van der Waals surface area contributed by atoms with Gasteiger partial charge >= 0.3 is 11.9 Å². The summed E-state index contributed by atoms with van der Waals surface area (Å²) in [6.07, 6.45) is 0. The van der Waals surface area contributed by atoms with Crippen LogP contribution in [0.15, 0.2) is 76.1 Å². The number of ether oxygens (including phenoxy) is 2. The molecule has 0 saturated heterocycles.